The number of ether oxygens (including phenoxy) is 1. The van der Waals surface area contributed by atoms with Crippen LogP contribution in [0.15, 0.2) is 102 Å². The predicted octanol–water partition coefficient (Wildman–Crippen LogP) is 7.37. The molecule has 0 radical (unpaired) electrons. The molecule has 2 atom stereocenters. The Bertz CT molecular complexity index is 1560. The maximum Gasteiger partial charge on any atom is 0.416 e. The predicted molar refractivity (Wildman–Crippen MR) is 167 cm³/mol. The minimum atomic E-state index is -4.52. The van der Waals surface area contributed by atoms with Crippen LogP contribution in [0.4, 0.5) is 18.9 Å². The molecule has 2 aliphatic heterocycles. The summed E-state index contributed by atoms with van der Waals surface area (Å²) in [6, 6.07) is 20.0. The molecule has 6 nitrogen and oxygen atoms in total. The third kappa shape index (κ3) is 8.45. The summed E-state index contributed by atoms with van der Waals surface area (Å²) < 4.78 is 44.9. The number of allylic oxidation sites excluding steroid dienone is 3. The van der Waals surface area contributed by atoms with Crippen molar-refractivity contribution in [3.8, 4) is 0 Å². The van der Waals surface area contributed by atoms with Crippen molar-refractivity contribution in [1.29, 1.82) is 0 Å². The van der Waals surface area contributed by atoms with E-state index in [1.807, 2.05) is 25.1 Å². The van der Waals surface area contributed by atoms with Crippen molar-refractivity contribution in [3.05, 3.63) is 125 Å². The molecule has 44 heavy (non-hydrogen) atoms. The summed E-state index contributed by atoms with van der Waals surface area (Å²) in [7, 11) is 0. The number of anilines is 1. The molecule has 0 aromatic heterocycles. The van der Waals surface area contributed by atoms with Gasteiger partial charge in [0.15, 0.2) is 0 Å². The van der Waals surface area contributed by atoms with Crippen LogP contribution >= 0.6 is 0 Å². The number of benzene rings is 3. The highest BCUT2D eigenvalue weighted by Gasteiger charge is 2.31. The Hall–Kier alpha value is -4.21. The molecule has 1 fully saturated rings. The maximum atomic E-state index is 13.1. The summed E-state index contributed by atoms with van der Waals surface area (Å²) >= 11 is 0. The lowest BCUT2D eigenvalue weighted by atomic mass is 10.0. The summed E-state index contributed by atoms with van der Waals surface area (Å²) in [4.78, 5) is 20.2. The molecule has 1 unspecified atom stereocenters. The maximum absolute atomic E-state index is 13.1. The summed E-state index contributed by atoms with van der Waals surface area (Å²) in [6.07, 6.45) is 2.71. The molecule has 0 saturated carbocycles. The third-order valence-electron chi connectivity index (χ3n) is 7.66. The second-order valence-electron chi connectivity index (χ2n) is 11.3. The van der Waals surface area contributed by atoms with Gasteiger partial charge in [0, 0.05) is 36.4 Å². The summed E-state index contributed by atoms with van der Waals surface area (Å²) in [5, 5.41) is 6.26. The Morgan fingerprint density at radius 3 is 2.61 bits per heavy atom. The third-order valence-corrected chi connectivity index (χ3v) is 7.66. The van der Waals surface area contributed by atoms with Crippen LogP contribution in [0.2, 0.25) is 0 Å². The van der Waals surface area contributed by atoms with Crippen molar-refractivity contribution in [2.45, 2.75) is 39.0 Å². The topological polar surface area (TPSA) is 66.0 Å². The standard InChI is InChI=1S/C35H37F3N4O2/c1-24-7-3-14-32(28-10-4-8-26(20-28)23-42-15-17-44-18-16-42)41-33(19-24)39-25(2)27-9-6-13-31(22-27)40-34(43)29-11-5-12-30(21-29)35(36,37)38/h3-6,8-14,19-22,24-25,39H,7,15-18,23H2,1-2H3,(H,40,43)/b14-3+,33-19-,41-32-/t24?,25-/m0/s1. The van der Waals surface area contributed by atoms with Gasteiger partial charge in [-0.25, -0.2) is 4.99 Å². The second-order valence-corrected chi connectivity index (χ2v) is 11.3. The van der Waals surface area contributed by atoms with Crippen LogP contribution in [0.25, 0.3) is 0 Å². The SMILES string of the molecule is CC1\C=C(N[C@@H](C)c2cccc(NC(=O)c3cccc(C(F)(F)F)c3)c2)/N=C(c2cccc(CN3CCOCC3)c2)/C=C/C1. The number of rotatable bonds is 8. The van der Waals surface area contributed by atoms with Gasteiger partial charge in [0.25, 0.3) is 5.91 Å². The second kappa shape index (κ2) is 14.1. The summed E-state index contributed by atoms with van der Waals surface area (Å²) in [6.45, 7) is 8.38. The van der Waals surface area contributed by atoms with Crippen molar-refractivity contribution < 1.29 is 22.7 Å². The average Bonchev–Trinajstić information content (AvgIpc) is 3.00. The molecule has 2 heterocycles. The molecule has 2 N–H and O–H groups in total. The number of hydrogen-bond acceptors (Lipinski definition) is 5. The van der Waals surface area contributed by atoms with Gasteiger partial charge in [-0.15, -0.1) is 0 Å². The molecule has 9 heteroatoms. The van der Waals surface area contributed by atoms with Crippen molar-refractivity contribution in [1.82, 2.24) is 10.2 Å². The van der Waals surface area contributed by atoms with Crippen molar-refractivity contribution in [2.24, 2.45) is 10.9 Å². The number of morpholine rings is 1. The van der Waals surface area contributed by atoms with E-state index in [-0.39, 0.29) is 17.5 Å². The molecule has 0 aliphatic carbocycles. The number of aliphatic imine (C=N–C) groups is 1. The number of carbonyl (C=O) groups is 1. The first-order chi connectivity index (χ1) is 21.1. The lowest BCUT2D eigenvalue weighted by molar-refractivity contribution is -0.137. The number of carbonyl (C=O) groups excluding carboxylic acids is 1. The Morgan fingerprint density at radius 1 is 1.05 bits per heavy atom. The Kier molecular flexibility index (Phi) is 9.97. The lowest BCUT2D eigenvalue weighted by Crippen LogP contribution is -2.35. The lowest BCUT2D eigenvalue weighted by Gasteiger charge is -2.26. The monoisotopic (exact) mass is 602 g/mol. The fourth-order valence-corrected chi connectivity index (χ4v) is 5.25. The quantitative estimate of drug-likeness (QED) is 0.283. The molecule has 0 bridgehead atoms. The van der Waals surface area contributed by atoms with Crippen LogP contribution in [0.5, 0.6) is 0 Å². The number of halogens is 3. The highest BCUT2D eigenvalue weighted by molar-refractivity contribution is 6.09. The van der Waals surface area contributed by atoms with Crippen LogP contribution in [0, 0.1) is 5.92 Å². The van der Waals surface area contributed by atoms with E-state index in [0.717, 1.165) is 74.1 Å². The molecule has 1 amide bonds. The van der Waals surface area contributed by atoms with E-state index in [1.165, 1.54) is 17.7 Å². The van der Waals surface area contributed by atoms with E-state index in [9.17, 15) is 18.0 Å². The minimum Gasteiger partial charge on any atom is -0.379 e. The minimum absolute atomic E-state index is 0.0611. The van der Waals surface area contributed by atoms with Gasteiger partial charge < -0.3 is 15.4 Å². The van der Waals surface area contributed by atoms with Gasteiger partial charge in [0.1, 0.15) is 5.82 Å². The first-order valence-electron chi connectivity index (χ1n) is 14.9. The van der Waals surface area contributed by atoms with Gasteiger partial charge in [-0.2, -0.15) is 13.2 Å². The van der Waals surface area contributed by atoms with Gasteiger partial charge in [-0.1, -0.05) is 49.4 Å². The zero-order valence-electron chi connectivity index (χ0n) is 24.9. The van der Waals surface area contributed by atoms with E-state index in [2.05, 4.69) is 65.0 Å². The summed E-state index contributed by atoms with van der Waals surface area (Å²) in [5.74, 6) is 0.417. The molecule has 1 saturated heterocycles. The van der Waals surface area contributed by atoms with Crippen LogP contribution in [-0.2, 0) is 17.5 Å². The Morgan fingerprint density at radius 2 is 1.82 bits per heavy atom. The molecule has 230 valence electrons. The first kappa shape index (κ1) is 31.2. The molecule has 3 aromatic carbocycles. The highest BCUT2D eigenvalue weighted by Crippen LogP contribution is 2.30. The Balaban J connectivity index is 1.31. The highest BCUT2D eigenvalue weighted by atomic mass is 19.4. The normalized spacial score (nSPS) is 21.5. The smallest absolute Gasteiger partial charge is 0.379 e. The molecule has 0 spiro atoms. The zero-order valence-corrected chi connectivity index (χ0v) is 24.9. The van der Waals surface area contributed by atoms with Crippen molar-refractivity contribution >= 4 is 17.3 Å². The Labute approximate surface area is 256 Å². The molecular formula is C35H37F3N4O2. The largest absolute Gasteiger partial charge is 0.416 e. The van der Waals surface area contributed by atoms with Gasteiger partial charge in [0.05, 0.1) is 30.5 Å². The van der Waals surface area contributed by atoms with E-state index in [4.69, 9.17) is 9.73 Å². The van der Waals surface area contributed by atoms with Gasteiger partial charge in [0.2, 0.25) is 0 Å². The number of nitrogens with one attached hydrogen (secondary N) is 2. The number of nitrogens with zero attached hydrogens (tertiary/aromatic N) is 2. The van der Waals surface area contributed by atoms with Gasteiger partial charge >= 0.3 is 6.18 Å². The van der Waals surface area contributed by atoms with E-state index in [0.29, 0.717) is 5.69 Å². The van der Waals surface area contributed by atoms with Crippen LogP contribution in [0.3, 0.4) is 0 Å². The van der Waals surface area contributed by atoms with E-state index >= 15 is 0 Å². The van der Waals surface area contributed by atoms with Crippen molar-refractivity contribution in [2.75, 3.05) is 31.6 Å². The van der Waals surface area contributed by atoms with Crippen molar-refractivity contribution in [3.63, 3.8) is 0 Å². The number of amides is 1. The van der Waals surface area contributed by atoms with E-state index < -0.39 is 17.6 Å². The molecule has 2 aliphatic rings. The first-order valence-corrected chi connectivity index (χ1v) is 14.9. The molecule has 3 aromatic rings. The van der Waals surface area contributed by atoms with Crippen LogP contribution < -0.4 is 10.6 Å². The summed E-state index contributed by atoms with van der Waals surface area (Å²) in [5.41, 5.74) is 3.60. The number of alkyl halides is 3. The molecule has 5 rings (SSSR count). The fraction of sp³-hybridized carbons (Fsp3) is 0.314. The van der Waals surface area contributed by atoms with E-state index in [1.54, 1.807) is 6.07 Å². The van der Waals surface area contributed by atoms with Gasteiger partial charge in [-0.3, -0.25) is 9.69 Å². The van der Waals surface area contributed by atoms with Crippen LogP contribution in [-0.4, -0.2) is 42.8 Å². The average molecular weight is 603 g/mol. The van der Waals surface area contributed by atoms with Gasteiger partial charge in [-0.05, 0) is 78.9 Å². The number of hydrogen-bond donors (Lipinski definition) is 2. The fourth-order valence-electron chi connectivity index (χ4n) is 5.25. The zero-order chi connectivity index (χ0) is 31.1. The molecular weight excluding hydrogens is 565 g/mol. The van der Waals surface area contributed by atoms with Crippen LogP contribution in [0.1, 0.15) is 58.9 Å².